The summed E-state index contributed by atoms with van der Waals surface area (Å²) < 4.78 is 10.3. The van der Waals surface area contributed by atoms with Crippen LogP contribution in [0.3, 0.4) is 0 Å². The molecule has 2 rings (SSSR count). The normalized spacial score (nSPS) is 17.8. The Labute approximate surface area is 114 Å². The van der Waals surface area contributed by atoms with Gasteiger partial charge in [0.05, 0.1) is 20.3 Å². The molecular weight excluding hydrogens is 242 g/mol. The molecule has 0 radical (unpaired) electrons. The molecule has 1 aromatic rings. The Morgan fingerprint density at radius 1 is 1.11 bits per heavy atom. The lowest BCUT2D eigenvalue weighted by Gasteiger charge is -2.28. The van der Waals surface area contributed by atoms with Crippen molar-refractivity contribution in [3.8, 4) is 11.8 Å². The highest BCUT2D eigenvalue weighted by atomic mass is 16.5. The monoisotopic (exact) mass is 265 g/mol. The standard InChI is InChI=1S/C14H23N3O2/c1-10(11-7-5-4-6-8-11)15-14-16-12(18-2)9-13(17-14)19-3/h9-11H,4-8H2,1-3H3,(H,15,16,17). The summed E-state index contributed by atoms with van der Waals surface area (Å²) in [6.07, 6.45) is 6.61. The van der Waals surface area contributed by atoms with E-state index in [0.717, 1.165) is 0 Å². The van der Waals surface area contributed by atoms with Crippen LogP contribution in [0, 0.1) is 5.92 Å². The van der Waals surface area contributed by atoms with Gasteiger partial charge in [-0.15, -0.1) is 0 Å². The summed E-state index contributed by atoms with van der Waals surface area (Å²) >= 11 is 0. The van der Waals surface area contributed by atoms with Crippen LogP contribution in [0.25, 0.3) is 0 Å². The molecule has 0 amide bonds. The van der Waals surface area contributed by atoms with Crippen LogP contribution in [0.15, 0.2) is 6.07 Å². The van der Waals surface area contributed by atoms with Crippen molar-refractivity contribution >= 4 is 5.95 Å². The van der Waals surface area contributed by atoms with Crippen LogP contribution in [0.5, 0.6) is 11.8 Å². The van der Waals surface area contributed by atoms with Gasteiger partial charge in [-0.05, 0) is 25.7 Å². The van der Waals surface area contributed by atoms with Crippen molar-refractivity contribution in [3.63, 3.8) is 0 Å². The number of nitrogens with zero attached hydrogens (tertiary/aromatic N) is 2. The van der Waals surface area contributed by atoms with E-state index in [1.807, 2.05) is 0 Å². The predicted octanol–water partition coefficient (Wildman–Crippen LogP) is 2.87. The number of hydrogen-bond acceptors (Lipinski definition) is 5. The molecular formula is C14H23N3O2. The summed E-state index contributed by atoms with van der Waals surface area (Å²) in [6.45, 7) is 2.20. The van der Waals surface area contributed by atoms with Gasteiger partial charge < -0.3 is 14.8 Å². The molecule has 1 fully saturated rings. The Balaban J connectivity index is 2.04. The maximum absolute atomic E-state index is 5.15. The van der Waals surface area contributed by atoms with E-state index in [1.165, 1.54) is 32.1 Å². The van der Waals surface area contributed by atoms with Crippen molar-refractivity contribution in [2.45, 2.75) is 45.1 Å². The molecule has 1 aromatic heterocycles. The van der Waals surface area contributed by atoms with Gasteiger partial charge in [-0.1, -0.05) is 19.3 Å². The maximum atomic E-state index is 5.15. The molecule has 1 aliphatic rings. The van der Waals surface area contributed by atoms with Gasteiger partial charge in [-0.25, -0.2) is 0 Å². The summed E-state index contributed by atoms with van der Waals surface area (Å²) in [5.74, 6) is 2.32. The minimum atomic E-state index is 0.372. The van der Waals surface area contributed by atoms with E-state index in [2.05, 4.69) is 22.2 Å². The lowest BCUT2D eigenvalue weighted by molar-refractivity contribution is 0.326. The van der Waals surface area contributed by atoms with Crippen LogP contribution in [0.4, 0.5) is 5.95 Å². The lowest BCUT2D eigenvalue weighted by atomic mass is 9.85. The highest BCUT2D eigenvalue weighted by Gasteiger charge is 2.21. The van der Waals surface area contributed by atoms with Gasteiger partial charge in [0, 0.05) is 6.04 Å². The molecule has 5 nitrogen and oxygen atoms in total. The molecule has 5 heteroatoms. The lowest BCUT2D eigenvalue weighted by Crippen LogP contribution is -2.28. The molecule has 0 spiro atoms. The first-order valence-corrected chi connectivity index (χ1v) is 6.96. The Morgan fingerprint density at radius 2 is 1.68 bits per heavy atom. The molecule has 0 saturated heterocycles. The molecule has 0 bridgehead atoms. The number of ether oxygens (including phenoxy) is 2. The Morgan fingerprint density at radius 3 is 2.21 bits per heavy atom. The second-order valence-electron chi connectivity index (χ2n) is 5.11. The third kappa shape index (κ3) is 3.72. The van der Waals surface area contributed by atoms with E-state index < -0.39 is 0 Å². The predicted molar refractivity (Wildman–Crippen MR) is 74.8 cm³/mol. The van der Waals surface area contributed by atoms with Crippen LogP contribution in [-0.4, -0.2) is 30.2 Å². The fourth-order valence-corrected chi connectivity index (χ4v) is 2.63. The summed E-state index contributed by atoms with van der Waals surface area (Å²) in [5.41, 5.74) is 0. The summed E-state index contributed by atoms with van der Waals surface area (Å²) in [7, 11) is 3.19. The smallest absolute Gasteiger partial charge is 0.229 e. The molecule has 0 aliphatic heterocycles. The van der Waals surface area contributed by atoms with Crippen LogP contribution in [0.2, 0.25) is 0 Å². The zero-order valence-electron chi connectivity index (χ0n) is 12.0. The summed E-state index contributed by atoms with van der Waals surface area (Å²) in [5, 5.41) is 3.38. The van der Waals surface area contributed by atoms with Crippen molar-refractivity contribution in [3.05, 3.63) is 6.07 Å². The van der Waals surface area contributed by atoms with Crippen LogP contribution in [0.1, 0.15) is 39.0 Å². The molecule has 1 N–H and O–H groups in total. The maximum Gasteiger partial charge on any atom is 0.229 e. The largest absolute Gasteiger partial charge is 0.481 e. The minimum absolute atomic E-state index is 0.372. The first-order chi connectivity index (χ1) is 9.22. The van der Waals surface area contributed by atoms with Gasteiger partial charge in [0.15, 0.2) is 0 Å². The number of methoxy groups -OCH3 is 2. The Hall–Kier alpha value is -1.52. The zero-order chi connectivity index (χ0) is 13.7. The van der Waals surface area contributed by atoms with Gasteiger partial charge in [-0.3, -0.25) is 0 Å². The van der Waals surface area contributed by atoms with Gasteiger partial charge >= 0.3 is 0 Å². The molecule has 1 unspecified atom stereocenters. The molecule has 1 aliphatic carbocycles. The van der Waals surface area contributed by atoms with E-state index in [9.17, 15) is 0 Å². The minimum Gasteiger partial charge on any atom is -0.481 e. The van der Waals surface area contributed by atoms with E-state index >= 15 is 0 Å². The van der Waals surface area contributed by atoms with Gasteiger partial charge in [-0.2, -0.15) is 9.97 Å². The molecule has 106 valence electrons. The number of nitrogens with one attached hydrogen (secondary N) is 1. The second kappa shape index (κ2) is 6.59. The Bertz CT molecular complexity index is 383. The van der Waals surface area contributed by atoms with Crippen molar-refractivity contribution in [1.29, 1.82) is 0 Å². The topological polar surface area (TPSA) is 56.3 Å². The van der Waals surface area contributed by atoms with E-state index in [-0.39, 0.29) is 0 Å². The molecule has 19 heavy (non-hydrogen) atoms. The van der Waals surface area contributed by atoms with Crippen molar-refractivity contribution in [2.75, 3.05) is 19.5 Å². The third-order valence-electron chi connectivity index (χ3n) is 3.81. The number of anilines is 1. The van der Waals surface area contributed by atoms with Crippen LogP contribution < -0.4 is 14.8 Å². The summed E-state index contributed by atoms with van der Waals surface area (Å²) in [6, 6.07) is 2.05. The van der Waals surface area contributed by atoms with Gasteiger partial charge in [0.2, 0.25) is 17.7 Å². The quantitative estimate of drug-likeness (QED) is 0.887. The second-order valence-corrected chi connectivity index (χ2v) is 5.11. The number of rotatable bonds is 5. The van der Waals surface area contributed by atoms with Crippen molar-refractivity contribution < 1.29 is 9.47 Å². The number of aromatic nitrogens is 2. The average molecular weight is 265 g/mol. The highest BCUT2D eigenvalue weighted by Crippen LogP contribution is 2.28. The number of hydrogen-bond donors (Lipinski definition) is 1. The van der Waals surface area contributed by atoms with E-state index in [4.69, 9.17) is 9.47 Å². The molecule has 0 aromatic carbocycles. The van der Waals surface area contributed by atoms with Crippen molar-refractivity contribution in [2.24, 2.45) is 5.92 Å². The van der Waals surface area contributed by atoms with E-state index in [0.29, 0.717) is 29.7 Å². The SMILES string of the molecule is COc1cc(OC)nc(NC(C)C2CCCCC2)n1. The fourth-order valence-electron chi connectivity index (χ4n) is 2.63. The Kier molecular flexibility index (Phi) is 4.82. The van der Waals surface area contributed by atoms with Crippen LogP contribution in [-0.2, 0) is 0 Å². The van der Waals surface area contributed by atoms with Gasteiger partial charge in [0.1, 0.15) is 0 Å². The third-order valence-corrected chi connectivity index (χ3v) is 3.81. The average Bonchev–Trinajstić information content (AvgIpc) is 2.47. The van der Waals surface area contributed by atoms with Crippen LogP contribution >= 0.6 is 0 Å². The molecule has 1 saturated carbocycles. The highest BCUT2D eigenvalue weighted by molar-refractivity contribution is 5.34. The first kappa shape index (κ1) is 13.9. The van der Waals surface area contributed by atoms with Gasteiger partial charge in [0.25, 0.3) is 0 Å². The van der Waals surface area contributed by atoms with E-state index in [1.54, 1.807) is 20.3 Å². The first-order valence-electron chi connectivity index (χ1n) is 6.96. The molecule has 1 atom stereocenters. The van der Waals surface area contributed by atoms with Crippen molar-refractivity contribution in [1.82, 2.24) is 9.97 Å². The fraction of sp³-hybridized carbons (Fsp3) is 0.714. The molecule has 1 heterocycles. The zero-order valence-corrected chi connectivity index (χ0v) is 12.0. The summed E-state index contributed by atoms with van der Waals surface area (Å²) in [4.78, 5) is 8.62.